The first-order chi connectivity index (χ1) is 17.5. The lowest BCUT2D eigenvalue weighted by Gasteiger charge is -2.11. The Kier molecular flexibility index (Phi) is 6.40. The van der Waals surface area contributed by atoms with Crippen molar-refractivity contribution >= 4 is 34.4 Å². The van der Waals surface area contributed by atoms with Crippen LogP contribution in [0.3, 0.4) is 0 Å². The summed E-state index contributed by atoms with van der Waals surface area (Å²) in [5.41, 5.74) is 2.79. The monoisotopic (exact) mass is 483 g/mol. The maximum atomic E-state index is 13.4. The van der Waals surface area contributed by atoms with Crippen LogP contribution in [0.4, 0.5) is 10.1 Å². The van der Waals surface area contributed by atoms with Crippen molar-refractivity contribution in [3.05, 3.63) is 95.8 Å². The third-order valence-corrected chi connectivity index (χ3v) is 5.73. The first-order valence-corrected chi connectivity index (χ1v) is 11.5. The van der Waals surface area contributed by atoms with Gasteiger partial charge in [-0.3, -0.25) is 9.59 Å². The minimum atomic E-state index is -0.690. The van der Waals surface area contributed by atoms with Gasteiger partial charge in [0.2, 0.25) is 0 Å². The van der Waals surface area contributed by atoms with Gasteiger partial charge in [-0.15, -0.1) is 0 Å². The SMILES string of the molecule is O=C(COC(=O)c1cc(-c2ccc(F)cc2)nc2ccccc12)Nc1cccc(C(=O)NC2CC2)c1. The molecule has 0 aliphatic heterocycles. The highest BCUT2D eigenvalue weighted by Gasteiger charge is 2.24. The number of nitrogens with zero attached hydrogens (tertiary/aromatic N) is 1. The summed E-state index contributed by atoms with van der Waals surface area (Å²) >= 11 is 0. The van der Waals surface area contributed by atoms with E-state index in [0.717, 1.165) is 12.8 Å². The molecule has 0 saturated heterocycles. The zero-order valence-electron chi connectivity index (χ0n) is 19.2. The first kappa shape index (κ1) is 23.2. The highest BCUT2D eigenvalue weighted by atomic mass is 19.1. The van der Waals surface area contributed by atoms with Crippen molar-refractivity contribution in [2.75, 3.05) is 11.9 Å². The van der Waals surface area contributed by atoms with Crippen LogP contribution in [0.15, 0.2) is 78.9 Å². The minimum Gasteiger partial charge on any atom is -0.452 e. The minimum absolute atomic E-state index is 0.193. The number of ether oxygens (including phenoxy) is 1. The number of amides is 2. The number of halogens is 1. The fraction of sp³-hybridized carbons (Fsp3) is 0.143. The summed E-state index contributed by atoms with van der Waals surface area (Å²) in [5, 5.41) is 6.12. The molecule has 1 aromatic heterocycles. The number of carbonyl (C=O) groups is 3. The van der Waals surface area contributed by atoms with E-state index >= 15 is 0 Å². The van der Waals surface area contributed by atoms with Gasteiger partial charge in [0.25, 0.3) is 11.8 Å². The molecule has 8 heteroatoms. The van der Waals surface area contributed by atoms with Gasteiger partial charge in [0.1, 0.15) is 5.82 Å². The summed E-state index contributed by atoms with van der Waals surface area (Å²) < 4.78 is 18.7. The predicted molar refractivity (Wildman–Crippen MR) is 133 cm³/mol. The van der Waals surface area contributed by atoms with Crippen molar-refractivity contribution in [1.82, 2.24) is 10.3 Å². The number of esters is 1. The number of anilines is 1. The molecule has 0 radical (unpaired) electrons. The van der Waals surface area contributed by atoms with Crippen molar-refractivity contribution < 1.29 is 23.5 Å². The quantitative estimate of drug-likeness (QED) is 0.371. The lowest BCUT2D eigenvalue weighted by atomic mass is 10.0. The van der Waals surface area contributed by atoms with Crippen LogP contribution in [0, 0.1) is 5.82 Å². The van der Waals surface area contributed by atoms with Crippen LogP contribution in [0.2, 0.25) is 0 Å². The summed E-state index contributed by atoms with van der Waals surface area (Å²) in [6.07, 6.45) is 1.96. The number of hydrogen-bond acceptors (Lipinski definition) is 5. The zero-order chi connectivity index (χ0) is 25.1. The number of hydrogen-bond donors (Lipinski definition) is 2. The molecule has 1 fully saturated rings. The largest absolute Gasteiger partial charge is 0.452 e. The van der Waals surface area contributed by atoms with Crippen molar-refractivity contribution in [3.8, 4) is 11.3 Å². The second-order valence-electron chi connectivity index (χ2n) is 8.53. The van der Waals surface area contributed by atoms with Crippen molar-refractivity contribution in [1.29, 1.82) is 0 Å². The second-order valence-corrected chi connectivity index (χ2v) is 8.53. The van der Waals surface area contributed by atoms with Crippen LogP contribution in [0.5, 0.6) is 0 Å². The Morgan fingerprint density at radius 2 is 1.72 bits per heavy atom. The molecule has 36 heavy (non-hydrogen) atoms. The fourth-order valence-electron chi connectivity index (χ4n) is 3.75. The number of rotatable bonds is 7. The number of nitrogens with one attached hydrogen (secondary N) is 2. The van der Waals surface area contributed by atoms with E-state index in [1.807, 2.05) is 0 Å². The Labute approximate surface area is 206 Å². The Balaban J connectivity index is 1.29. The summed E-state index contributed by atoms with van der Waals surface area (Å²) in [5.74, 6) is -1.80. The predicted octanol–water partition coefficient (Wildman–Crippen LogP) is 4.73. The Morgan fingerprint density at radius 3 is 2.50 bits per heavy atom. The molecule has 180 valence electrons. The average Bonchev–Trinajstić information content (AvgIpc) is 3.71. The topological polar surface area (TPSA) is 97.4 Å². The van der Waals surface area contributed by atoms with E-state index in [4.69, 9.17) is 4.74 Å². The van der Waals surface area contributed by atoms with E-state index in [1.54, 1.807) is 66.7 Å². The molecular weight excluding hydrogens is 461 g/mol. The summed E-state index contributed by atoms with van der Waals surface area (Å²) in [4.78, 5) is 42.2. The van der Waals surface area contributed by atoms with Gasteiger partial charge >= 0.3 is 5.97 Å². The number of benzene rings is 3. The number of aromatic nitrogens is 1. The first-order valence-electron chi connectivity index (χ1n) is 11.5. The third-order valence-electron chi connectivity index (χ3n) is 5.73. The Hall–Kier alpha value is -4.59. The molecular formula is C28H22FN3O4. The number of para-hydroxylation sites is 1. The summed E-state index contributed by atoms with van der Waals surface area (Å²) in [6, 6.07) is 21.2. The van der Waals surface area contributed by atoms with Gasteiger partial charge in [0.15, 0.2) is 6.61 Å². The van der Waals surface area contributed by atoms with Crippen LogP contribution in [-0.4, -0.2) is 35.4 Å². The molecule has 7 nitrogen and oxygen atoms in total. The van der Waals surface area contributed by atoms with Crippen molar-refractivity contribution in [2.24, 2.45) is 0 Å². The van der Waals surface area contributed by atoms with Crippen LogP contribution in [-0.2, 0) is 9.53 Å². The molecule has 1 heterocycles. The number of fused-ring (bicyclic) bond motifs is 1. The average molecular weight is 483 g/mol. The summed E-state index contributed by atoms with van der Waals surface area (Å²) in [6.45, 7) is -0.514. The van der Waals surface area contributed by atoms with Crippen molar-refractivity contribution in [3.63, 3.8) is 0 Å². The highest BCUT2D eigenvalue weighted by molar-refractivity contribution is 6.05. The molecule has 1 aliphatic carbocycles. The maximum Gasteiger partial charge on any atom is 0.339 e. The fourth-order valence-corrected chi connectivity index (χ4v) is 3.75. The molecule has 3 aromatic carbocycles. The van der Waals surface area contributed by atoms with Crippen molar-refractivity contribution in [2.45, 2.75) is 18.9 Å². The Bertz CT molecular complexity index is 1470. The molecule has 4 aromatic rings. The van der Waals surface area contributed by atoms with Gasteiger partial charge < -0.3 is 15.4 Å². The molecule has 0 unspecified atom stereocenters. The molecule has 2 N–H and O–H groups in total. The Morgan fingerprint density at radius 1 is 0.944 bits per heavy atom. The van der Waals surface area contributed by atoms with Gasteiger partial charge in [-0.05, 0) is 67.4 Å². The van der Waals surface area contributed by atoms with Gasteiger partial charge in [-0.1, -0.05) is 24.3 Å². The van der Waals surface area contributed by atoms with E-state index in [2.05, 4.69) is 15.6 Å². The number of carbonyl (C=O) groups excluding carboxylic acids is 3. The molecule has 1 aliphatic rings. The van der Waals surface area contributed by atoms with Gasteiger partial charge in [0, 0.05) is 28.2 Å². The second kappa shape index (κ2) is 9.95. The smallest absolute Gasteiger partial charge is 0.339 e. The van der Waals surface area contributed by atoms with E-state index in [9.17, 15) is 18.8 Å². The molecule has 0 bridgehead atoms. The lowest BCUT2D eigenvalue weighted by molar-refractivity contribution is -0.119. The summed E-state index contributed by atoms with van der Waals surface area (Å²) in [7, 11) is 0. The van der Waals surface area contributed by atoms with Gasteiger partial charge in [-0.2, -0.15) is 0 Å². The lowest BCUT2D eigenvalue weighted by Crippen LogP contribution is -2.25. The molecule has 5 rings (SSSR count). The third kappa shape index (κ3) is 5.38. The standard InChI is InChI=1S/C28H22FN3O4/c29-19-10-8-17(9-11-19)25-15-23(22-6-1-2-7-24(22)32-25)28(35)36-16-26(33)30-21-5-3-4-18(14-21)27(34)31-20-12-13-20/h1-11,14-15,20H,12-13,16H2,(H,30,33)(H,31,34). The van der Waals surface area contributed by atoms with E-state index in [0.29, 0.717) is 33.4 Å². The molecule has 1 saturated carbocycles. The zero-order valence-corrected chi connectivity index (χ0v) is 19.2. The molecule has 2 amide bonds. The van der Waals surface area contributed by atoms with Crippen LogP contribution < -0.4 is 10.6 Å². The normalized spacial score (nSPS) is 12.7. The van der Waals surface area contributed by atoms with E-state index in [-0.39, 0.29) is 23.3 Å². The van der Waals surface area contributed by atoms with Gasteiger partial charge in [-0.25, -0.2) is 14.2 Å². The van der Waals surface area contributed by atoms with E-state index in [1.165, 1.54) is 12.1 Å². The van der Waals surface area contributed by atoms with Gasteiger partial charge in [0.05, 0.1) is 16.8 Å². The number of pyridine rings is 1. The highest BCUT2D eigenvalue weighted by Crippen LogP contribution is 2.26. The van der Waals surface area contributed by atoms with Crippen LogP contribution >= 0.6 is 0 Å². The van der Waals surface area contributed by atoms with Crippen LogP contribution in [0.25, 0.3) is 22.2 Å². The van der Waals surface area contributed by atoms with E-state index < -0.39 is 18.5 Å². The maximum absolute atomic E-state index is 13.4. The van der Waals surface area contributed by atoms with Crippen LogP contribution in [0.1, 0.15) is 33.6 Å². The molecule has 0 atom stereocenters. The molecule has 0 spiro atoms.